The third kappa shape index (κ3) is 75.9. The second-order valence-corrected chi connectivity index (χ2v) is 30.2. The average Bonchev–Trinajstić information content (AvgIpc) is 0.918. The minimum atomic E-state index is -4.99. The van der Waals surface area contributed by atoms with Gasteiger partial charge >= 0.3 is 39.5 Å². The minimum Gasteiger partial charge on any atom is -0.462 e. The number of aliphatic hydroxyl groups is 1. The van der Waals surface area contributed by atoms with Crippen molar-refractivity contribution in [2.75, 3.05) is 39.6 Å². The van der Waals surface area contributed by atoms with Crippen LogP contribution in [0.25, 0.3) is 0 Å². The molecule has 0 aromatic carbocycles. The Hall–Kier alpha value is -4.28. The molecule has 0 aliphatic heterocycles. The van der Waals surface area contributed by atoms with Crippen molar-refractivity contribution in [2.45, 2.75) is 367 Å². The number of ether oxygens (including phenoxy) is 4. The van der Waals surface area contributed by atoms with Crippen LogP contribution in [-0.2, 0) is 65.4 Å². The van der Waals surface area contributed by atoms with E-state index >= 15 is 0 Å². The van der Waals surface area contributed by atoms with Gasteiger partial charge in [0.2, 0.25) is 0 Å². The minimum absolute atomic E-state index is 0.0765. The highest BCUT2D eigenvalue weighted by Gasteiger charge is 2.30. The highest BCUT2D eigenvalue weighted by Crippen LogP contribution is 2.45. The second-order valence-electron chi connectivity index (χ2n) is 27.3. The van der Waals surface area contributed by atoms with Crippen LogP contribution < -0.4 is 0 Å². The van der Waals surface area contributed by atoms with Gasteiger partial charge in [-0.25, -0.2) is 9.13 Å². The van der Waals surface area contributed by atoms with Crippen LogP contribution in [0.15, 0.2) is 109 Å². The summed E-state index contributed by atoms with van der Waals surface area (Å²) in [4.78, 5) is 73.1. The fourth-order valence-electron chi connectivity index (χ4n) is 10.9. The van der Waals surface area contributed by atoms with E-state index < -0.39 is 97.5 Å². The van der Waals surface area contributed by atoms with Gasteiger partial charge in [-0.3, -0.25) is 37.3 Å². The number of phosphoric ester groups is 2. The van der Waals surface area contributed by atoms with Crippen LogP contribution in [-0.4, -0.2) is 96.7 Å². The van der Waals surface area contributed by atoms with Crippen LogP contribution in [0.1, 0.15) is 349 Å². The summed E-state index contributed by atoms with van der Waals surface area (Å²) in [5, 5.41) is 10.7. The van der Waals surface area contributed by atoms with E-state index in [2.05, 4.69) is 137 Å². The van der Waals surface area contributed by atoms with E-state index in [4.69, 9.17) is 37.0 Å². The Morgan fingerprint density at radius 2 is 0.500 bits per heavy atom. The van der Waals surface area contributed by atoms with Crippen molar-refractivity contribution in [1.29, 1.82) is 0 Å². The summed E-state index contributed by atoms with van der Waals surface area (Å²) in [6.07, 6.45) is 83.4. The molecule has 0 saturated carbocycles. The summed E-state index contributed by atoms with van der Waals surface area (Å²) in [5.41, 5.74) is 0. The largest absolute Gasteiger partial charge is 0.472 e. The summed E-state index contributed by atoms with van der Waals surface area (Å²) in [6.45, 7) is 4.69. The van der Waals surface area contributed by atoms with Gasteiger partial charge in [-0.2, -0.15) is 0 Å². The molecule has 0 amide bonds. The molecule has 17 nitrogen and oxygen atoms in total. The maximum atomic E-state index is 13.1. The molecule has 0 aromatic rings. The Morgan fingerprint density at radius 1 is 0.279 bits per heavy atom. The van der Waals surface area contributed by atoms with Crippen molar-refractivity contribution in [3.63, 3.8) is 0 Å². The highest BCUT2D eigenvalue weighted by atomic mass is 31.2. The summed E-state index contributed by atoms with van der Waals surface area (Å²) in [7, 11) is -9.97. The molecule has 600 valence electrons. The molecule has 0 rings (SSSR count). The van der Waals surface area contributed by atoms with Crippen molar-refractivity contribution in [1.82, 2.24) is 0 Å². The number of hydrogen-bond donors (Lipinski definition) is 3. The van der Waals surface area contributed by atoms with Crippen LogP contribution in [0.4, 0.5) is 0 Å². The van der Waals surface area contributed by atoms with E-state index in [9.17, 15) is 43.2 Å². The molecule has 0 heterocycles. The van der Waals surface area contributed by atoms with E-state index in [1.807, 2.05) is 0 Å². The molecule has 2 unspecified atom stereocenters. The van der Waals surface area contributed by atoms with E-state index in [1.54, 1.807) is 0 Å². The normalized spacial score (nSPS) is 14.4. The Bertz CT molecular complexity index is 2390. The molecule has 0 aliphatic carbocycles. The third-order valence-electron chi connectivity index (χ3n) is 17.2. The monoisotopic (exact) mass is 1500 g/mol. The van der Waals surface area contributed by atoms with Gasteiger partial charge < -0.3 is 33.8 Å². The zero-order chi connectivity index (χ0) is 76.0. The van der Waals surface area contributed by atoms with Crippen LogP contribution in [0.3, 0.4) is 0 Å². The lowest BCUT2D eigenvalue weighted by Gasteiger charge is -2.21. The lowest BCUT2D eigenvalue weighted by molar-refractivity contribution is -0.161. The van der Waals surface area contributed by atoms with E-state index in [0.29, 0.717) is 25.7 Å². The summed E-state index contributed by atoms with van der Waals surface area (Å²) in [5.74, 6) is -2.23. The lowest BCUT2D eigenvalue weighted by Crippen LogP contribution is -2.30. The van der Waals surface area contributed by atoms with E-state index in [-0.39, 0.29) is 25.7 Å². The first-order valence-corrected chi connectivity index (χ1v) is 44.1. The molecule has 0 aromatic heterocycles. The number of unbranched alkanes of at least 4 members (excludes halogenated alkanes) is 33. The first kappa shape index (κ1) is 99.7. The number of carbonyl (C=O) groups excluding carboxylic acids is 4. The predicted octanol–water partition coefficient (Wildman–Crippen LogP) is 24.1. The van der Waals surface area contributed by atoms with Gasteiger partial charge in [0, 0.05) is 25.7 Å². The van der Waals surface area contributed by atoms with Crippen LogP contribution in [0, 0.1) is 0 Å². The number of allylic oxidation sites excluding steroid dienone is 18. The average molecular weight is 1500 g/mol. The van der Waals surface area contributed by atoms with Gasteiger partial charge in [-0.1, -0.05) is 278 Å². The second kappa shape index (κ2) is 76.9. The molecule has 0 fully saturated rings. The molecule has 0 aliphatic rings. The number of aliphatic hydroxyl groups excluding tert-OH is 1. The molecule has 0 spiro atoms. The fourth-order valence-corrected chi connectivity index (χ4v) is 12.5. The number of esters is 4. The molecule has 104 heavy (non-hydrogen) atoms. The smallest absolute Gasteiger partial charge is 0.462 e. The van der Waals surface area contributed by atoms with Gasteiger partial charge in [-0.05, 0) is 154 Å². The van der Waals surface area contributed by atoms with Crippen molar-refractivity contribution in [3.05, 3.63) is 109 Å². The molecule has 3 N–H and O–H groups in total. The summed E-state index contributed by atoms with van der Waals surface area (Å²) >= 11 is 0. The lowest BCUT2D eigenvalue weighted by atomic mass is 10.1. The Labute approximate surface area is 632 Å². The van der Waals surface area contributed by atoms with Crippen LogP contribution in [0.2, 0.25) is 0 Å². The zero-order valence-electron chi connectivity index (χ0n) is 65.7. The van der Waals surface area contributed by atoms with Crippen LogP contribution in [0.5, 0.6) is 0 Å². The zero-order valence-corrected chi connectivity index (χ0v) is 67.5. The molecule has 0 saturated heterocycles. The third-order valence-corrected chi connectivity index (χ3v) is 19.1. The highest BCUT2D eigenvalue weighted by molar-refractivity contribution is 7.47. The van der Waals surface area contributed by atoms with Gasteiger partial charge in [0.1, 0.15) is 19.3 Å². The summed E-state index contributed by atoms with van der Waals surface area (Å²) < 4.78 is 68.7. The van der Waals surface area contributed by atoms with E-state index in [0.717, 1.165) is 173 Å². The first-order valence-electron chi connectivity index (χ1n) is 41.1. The molecule has 19 heteroatoms. The van der Waals surface area contributed by atoms with Crippen molar-refractivity contribution < 1.29 is 80.2 Å². The first-order chi connectivity index (χ1) is 50.7. The van der Waals surface area contributed by atoms with Gasteiger partial charge in [0.05, 0.1) is 26.4 Å². The van der Waals surface area contributed by atoms with Gasteiger partial charge in [0.25, 0.3) is 0 Å². The molecule has 0 bridgehead atoms. The Balaban J connectivity index is 5.40. The number of carbonyl (C=O) groups is 4. The standard InChI is InChI=1S/C85H148O17P2/c1-5-9-13-17-21-25-29-33-37-38-39-40-44-46-50-54-58-62-66-70-83(88)96-76-81(102-85(90)72-68-64-60-56-52-48-43-36-32-28-24-20-16-12-8-4)78-100-104(93,94)98-74-79(86)73-97-103(91,92)99-77-80(101-84(89)71-67-63-59-55-51-47-42-35-31-27-23-19-15-11-7-3)75-95-82(87)69-65-61-57-53-49-45-41-34-30-26-22-18-14-10-6-2/h9,13,21,23,25-27,30,33,35-37,39-40,42-43,46,50,79-81,86H,5-8,10-12,14-20,22,24,28-29,31-32,34,38,41,44-45,47-49,51-78H2,1-4H3,(H,91,92)(H,93,94)/b13-9-,25-21-,27-23-,30-26-,37-33-,40-39-,42-35-,43-36-,50-46-/t79-,80+,81+/m0/s1. The number of phosphoric acid groups is 2. The molecule has 5 atom stereocenters. The van der Waals surface area contributed by atoms with Crippen molar-refractivity contribution in [2.24, 2.45) is 0 Å². The Morgan fingerprint density at radius 3 is 0.817 bits per heavy atom. The van der Waals surface area contributed by atoms with Crippen molar-refractivity contribution in [3.8, 4) is 0 Å². The predicted molar refractivity (Wildman–Crippen MR) is 427 cm³/mol. The van der Waals surface area contributed by atoms with E-state index in [1.165, 1.54) is 96.3 Å². The van der Waals surface area contributed by atoms with Crippen LogP contribution >= 0.6 is 15.6 Å². The summed E-state index contributed by atoms with van der Waals surface area (Å²) in [6, 6.07) is 0. The Kier molecular flexibility index (Phi) is 73.7. The SMILES string of the molecule is CC/C=C\C/C=C\C/C=C\C/C=C\C/C=C\CCCCCC(=O)OC[C@H](COP(=O)(O)OC[C@@H](O)COP(=O)(O)OC[C@@H](COC(=O)CCCCCCCCC/C=C\CCCCCC)OC(=O)CCCCCCC/C=C\C/C=C\CCCCC)OC(=O)CCCCCCC/C=C\CCCCCCCC. The topological polar surface area (TPSA) is 237 Å². The fraction of sp³-hybridized carbons (Fsp3) is 0.741. The number of rotatable bonds is 77. The quantitative estimate of drug-likeness (QED) is 0.0169. The molecular formula is C85H148O17P2. The maximum absolute atomic E-state index is 13.1. The van der Waals surface area contributed by atoms with Gasteiger partial charge in [0.15, 0.2) is 12.2 Å². The number of hydrogen-bond acceptors (Lipinski definition) is 15. The van der Waals surface area contributed by atoms with Crippen molar-refractivity contribution >= 4 is 39.5 Å². The maximum Gasteiger partial charge on any atom is 0.472 e. The molecular weight excluding hydrogens is 1350 g/mol. The van der Waals surface area contributed by atoms with Gasteiger partial charge in [-0.15, -0.1) is 0 Å². The molecule has 0 radical (unpaired) electrons.